The summed E-state index contributed by atoms with van der Waals surface area (Å²) in [5.74, 6) is -0.807. The first-order valence-corrected chi connectivity index (χ1v) is 4.72. The molecule has 0 radical (unpaired) electrons. The van der Waals surface area contributed by atoms with Crippen LogP contribution in [0.2, 0.25) is 0 Å². The lowest BCUT2D eigenvalue weighted by Crippen LogP contribution is -2.25. The molecule has 1 aromatic rings. The summed E-state index contributed by atoms with van der Waals surface area (Å²) < 4.78 is 11.9. The van der Waals surface area contributed by atoms with Gasteiger partial charge >= 0.3 is 0 Å². The van der Waals surface area contributed by atoms with Crippen molar-refractivity contribution in [3.8, 4) is 0 Å². The maximum atomic E-state index is 11.9. The summed E-state index contributed by atoms with van der Waals surface area (Å²) in [5.41, 5.74) is 2.26. The predicted molar refractivity (Wildman–Crippen MR) is 53.2 cm³/mol. The third kappa shape index (κ3) is 2.83. The number of benzene rings is 1. The second-order valence-electron chi connectivity index (χ2n) is 3.25. The van der Waals surface area contributed by atoms with Crippen LogP contribution in [0.1, 0.15) is 18.9 Å². The lowest BCUT2D eigenvalue weighted by Gasteiger charge is -2.11. The molecule has 0 aliphatic carbocycles. The summed E-state index contributed by atoms with van der Waals surface area (Å²) in [6.45, 7) is 1.88. The quantitative estimate of drug-likeness (QED) is 0.733. The minimum absolute atomic E-state index is 0.276. The maximum Gasteiger partial charge on any atom is 0.251 e. The molecule has 76 valence electrons. The van der Waals surface area contributed by atoms with E-state index in [-0.39, 0.29) is 5.92 Å². The molecule has 0 aliphatic rings. The fourth-order valence-corrected chi connectivity index (χ4v) is 1.40. The van der Waals surface area contributed by atoms with Crippen molar-refractivity contribution in [2.75, 3.05) is 0 Å². The summed E-state index contributed by atoms with van der Waals surface area (Å²) in [4.78, 5) is 11.1. The molecule has 0 aliphatic heterocycles. The molecule has 1 amide bonds. The van der Waals surface area contributed by atoms with E-state index in [9.17, 15) is 9.28 Å². The van der Waals surface area contributed by atoms with E-state index < -0.39 is 5.91 Å². The third-order valence-electron chi connectivity index (χ3n) is 2.28. The number of rotatable bonds is 4. The van der Waals surface area contributed by atoms with Crippen molar-refractivity contribution in [3.05, 3.63) is 35.9 Å². The zero-order valence-corrected chi connectivity index (χ0v) is 8.16. The fourth-order valence-electron chi connectivity index (χ4n) is 1.40. The van der Waals surface area contributed by atoms with Gasteiger partial charge in [-0.2, -0.15) is 5.54 Å². The van der Waals surface area contributed by atoms with Gasteiger partial charge in [-0.25, -0.2) is 0 Å². The van der Waals surface area contributed by atoms with E-state index in [4.69, 9.17) is 0 Å². The van der Waals surface area contributed by atoms with Gasteiger partial charge in [0, 0.05) is 5.92 Å². The van der Waals surface area contributed by atoms with Gasteiger partial charge in [-0.05, 0) is 18.4 Å². The Bertz CT molecular complexity index is 287. The Morgan fingerprint density at radius 3 is 2.57 bits per heavy atom. The van der Waals surface area contributed by atoms with Crippen molar-refractivity contribution < 1.29 is 9.28 Å². The van der Waals surface area contributed by atoms with Crippen LogP contribution in [-0.2, 0) is 11.2 Å². The van der Waals surface area contributed by atoms with Crippen LogP contribution in [-0.4, -0.2) is 5.91 Å². The van der Waals surface area contributed by atoms with Crippen molar-refractivity contribution in [2.45, 2.75) is 19.8 Å². The number of carbonyl (C=O) groups excluding carboxylic acids is 1. The molecule has 1 atom stereocenters. The SMILES string of the molecule is CC[C@@H](Cc1ccccc1)C(=O)NF. The van der Waals surface area contributed by atoms with Gasteiger partial charge in [-0.15, -0.1) is 4.48 Å². The molecule has 1 aromatic carbocycles. The van der Waals surface area contributed by atoms with Crippen molar-refractivity contribution in [1.82, 2.24) is 5.54 Å². The van der Waals surface area contributed by atoms with Gasteiger partial charge in [0.1, 0.15) is 0 Å². The fraction of sp³-hybridized carbons (Fsp3) is 0.364. The molecule has 0 saturated heterocycles. The number of carbonyl (C=O) groups is 1. The lowest BCUT2D eigenvalue weighted by atomic mass is 9.96. The van der Waals surface area contributed by atoms with Crippen LogP contribution in [0.4, 0.5) is 4.48 Å². The van der Waals surface area contributed by atoms with E-state index in [2.05, 4.69) is 0 Å². The Balaban J connectivity index is 2.62. The summed E-state index contributed by atoms with van der Waals surface area (Å²) >= 11 is 0. The largest absolute Gasteiger partial charge is 0.272 e. The second kappa shape index (κ2) is 5.37. The first-order chi connectivity index (χ1) is 6.77. The highest BCUT2D eigenvalue weighted by atomic mass is 19.2. The zero-order chi connectivity index (χ0) is 10.4. The first-order valence-electron chi connectivity index (χ1n) is 4.72. The Morgan fingerprint density at radius 1 is 1.43 bits per heavy atom. The smallest absolute Gasteiger partial charge is 0.251 e. The molecule has 0 spiro atoms. The number of amides is 1. The molecule has 0 fully saturated rings. The van der Waals surface area contributed by atoms with Gasteiger partial charge in [0.2, 0.25) is 0 Å². The van der Waals surface area contributed by atoms with Crippen molar-refractivity contribution in [2.24, 2.45) is 5.92 Å². The number of hydrogen-bond acceptors (Lipinski definition) is 1. The minimum atomic E-state index is -0.531. The van der Waals surface area contributed by atoms with Crippen molar-refractivity contribution in [1.29, 1.82) is 0 Å². The van der Waals surface area contributed by atoms with Crippen molar-refractivity contribution in [3.63, 3.8) is 0 Å². The molecule has 0 bridgehead atoms. The van der Waals surface area contributed by atoms with Gasteiger partial charge in [0.15, 0.2) is 0 Å². The molecule has 3 heteroatoms. The average Bonchev–Trinajstić information content (AvgIpc) is 2.26. The molecule has 14 heavy (non-hydrogen) atoms. The Kier molecular flexibility index (Phi) is 4.11. The summed E-state index contributed by atoms with van der Waals surface area (Å²) in [6, 6.07) is 9.62. The van der Waals surface area contributed by atoms with Crippen LogP contribution >= 0.6 is 0 Å². The summed E-state index contributed by atoms with van der Waals surface area (Å²) in [6.07, 6.45) is 1.23. The van der Waals surface area contributed by atoms with Gasteiger partial charge in [-0.3, -0.25) is 4.79 Å². The summed E-state index contributed by atoms with van der Waals surface area (Å²) in [7, 11) is 0. The molecule has 0 aromatic heterocycles. The highest BCUT2D eigenvalue weighted by molar-refractivity contribution is 5.77. The van der Waals surface area contributed by atoms with E-state index in [1.807, 2.05) is 37.3 Å². The van der Waals surface area contributed by atoms with E-state index >= 15 is 0 Å². The normalized spacial score (nSPS) is 12.1. The van der Waals surface area contributed by atoms with Gasteiger partial charge in [0.05, 0.1) is 0 Å². The highest BCUT2D eigenvalue weighted by Gasteiger charge is 2.16. The molecule has 1 N–H and O–H groups in total. The van der Waals surface area contributed by atoms with Crippen LogP contribution in [0.25, 0.3) is 0 Å². The average molecular weight is 195 g/mol. The number of hydrogen-bond donors (Lipinski definition) is 1. The van der Waals surface area contributed by atoms with Gasteiger partial charge in [0.25, 0.3) is 5.91 Å². The van der Waals surface area contributed by atoms with Crippen LogP contribution in [0.3, 0.4) is 0 Å². The zero-order valence-electron chi connectivity index (χ0n) is 8.16. The molecule has 0 unspecified atom stereocenters. The molecular formula is C11H14FNO. The first kappa shape index (κ1) is 10.7. The number of halogens is 1. The van der Waals surface area contributed by atoms with E-state index in [1.54, 1.807) is 0 Å². The maximum absolute atomic E-state index is 11.9. The van der Waals surface area contributed by atoms with Crippen LogP contribution in [0.5, 0.6) is 0 Å². The Hall–Kier alpha value is -1.38. The molecule has 0 saturated carbocycles. The van der Waals surface area contributed by atoms with E-state index in [0.29, 0.717) is 12.8 Å². The van der Waals surface area contributed by atoms with Crippen LogP contribution < -0.4 is 5.54 Å². The standard InChI is InChI=1S/C11H14FNO/c1-2-10(11(14)13-12)8-9-6-4-3-5-7-9/h3-7,10H,2,8H2,1H3,(H,13,14)/t10-/m0/s1. The predicted octanol–water partition coefficient (Wildman–Crippen LogP) is 2.26. The van der Waals surface area contributed by atoms with Gasteiger partial charge in [-0.1, -0.05) is 37.3 Å². The Morgan fingerprint density at radius 2 is 2.07 bits per heavy atom. The minimum Gasteiger partial charge on any atom is -0.272 e. The second-order valence-corrected chi connectivity index (χ2v) is 3.25. The molecular weight excluding hydrogens is 181 g/mol. The molecule has 1 rings (SSSR count). The lowest BCUT2D eigenvalue weighted by molar-refractivity contribution is -0.129. The van der Waals surface area contributed by atoms with Crippen LogP contribution in [0.15, 0.2) is 30.3 Å². The monoisotopic (exact) mass is 195 g/mol. The topological polar surface area (TPSA) is 29.1 Å². The van der Waals surface area contributed by atoms with Crippen molar-refractivity contribution >= 4 is 5.91 Å². The third-order valence-corrected chi connectivity index (χ3v) is 2.28. The highest BCUT2D eigenvalue weighted by Crippen LogP contribution is 2.12. The van der Waals surface area contributed by atoms with E-state index in [1.165, 1.54) is 5.54 Å². The van der Waals surface area contributed by atoms with Gasteiger partial charge < -0.3 is 0 Å². The number of nitrogens with one attached hydrogen (secondary N) is 1. The Labute approximate surface area is 83.1 Å². The van der Waals surface area contributed by atoms with Crippen LogP contribution in [0, 0.1) is 5.92 Å². The molecule has 2 nitrogen and oxygen atoms in total. The summed E-state index contributed by atoms with van der Waals surface area (Å²) in [5, 5.41) is 0. The van der Waals surface area contributed by atoms with E-state index in [0.717, 1.165) is 5.56 Å². The molecule has 0 heterocycles.